The highest BCUT2D eigenvalue weighted by Gasteiger charge is 2.22. The molecule has 102 valence electrons. The summed E-state index contributed by atoms with van der Waals surface area (Å²) in [6.45, 7) is 0.199. The molecular weight excluding hydrogens is 250 g/mol. The lowest BCUT2D eigenvalue weighted by Gasteiger charge is -2.16. The molecule has 19 heavy (non-hydrogen) atoms. The van der Waals surface area contributed by atoms with E-state index < -0.39 is 10.8 Å². The number of hydrogen-bond acceptors (Lipinski definition) is 4. The molecule has 0 unspecified atom stereocenters. The molecule has 1 rings (SSSR count). The molecular formula is C12H15N3O4. The Morgan fingerprint density at radius 2 is 2.00 bits per heavy atom. The third-order valence-electron chi connectivity index (χ3n) is 2.63. The molecule has 7 heteroatoms. The molecule has 0 bridgehead atoms. The number of nitro benzene ring substituents is 1. The lowest BCUT2D eigenvalue weighted by molar-refractivity contribution is -0.385. The minimum absolute atomic E-state index is 0.0203. The van der Waals surface area contributed by atoms with Gasteiger partial charge in [-0.05, 0) is 6.07 Å². The normalized spacial score (nSPS) is 9.79. The summed E-state index contributed by atoms with van der Waals surface area (Å²) in [5.41, 5.74) is -0.216. The van der Waals surface area contributed by atoms with Gasteiger partial charge >= 0.3 is 0 Å². The van der Waals surface area contributed by atoms with E-state index in [4.69, 9.17) is 0 Å². The summed E-state index contributed by atoms with van der Waals surface area (Å²) in [7, 11) is 3.01. The van der Waals surface area contributed by atoms with Crippen LogP contribution in [0.25, 0.3) is 0 Å². The quantitative estimate of drug-likeness (QED) is 0.629. The van der Waals surface area contributed by atoms with Crippen molar-refractivity contribution in [2.75, 3.05) is 20.6 Å². The highest BCUT2D eigenvalue weighted by atomic mass is 16.6. The standard InChI is InChI=1S/C12H15N3O4/c1-13-11(16)7-8-14(2)12(17)9-5-3-4-6-10(9)15(18)19/h3-6H,7-8H2,1-2H3,(H,13,16). The summed E-state index contributed by atoms with van der Waals surface area (Å²) in [6, 6.07) is 5.74. The second-order valence-electron chi connectivity index (χ2n) is 3.92. The molecule has 0 heterocycles. The van der Waals surface area contributed by atoms with Crippen molar-refractivity contribution in [3.8, 4) is 0 Å². The average molecular weight is 265 g/mol. The van der Waals surface area contributed by atoms with E-state index in [1.165, 1.54) is 37.2 Å². The van der Waals surface area contributed by atoms with Crippen molar-refractivity contribution in [3.63, 3.8) is 0 Å². The van der Waals surface area contributed by atoms with Crippen LogP contribution in [0.4, 0.5) is 5.69 Å². The molecule has 0 fully saturated rings. The number of hydrogen-bond donors (Lipinski definition) is 1. The Morgan fingerprint density at radius 3 is 2.58 bits per heavy atom. The van der Waals surface area contributed by atoms with Gasteiger partial charge < -0.3 is 10.2 Å². The molecule has 0 aliphatic heterocycles. The van der Waals surface area contributed by atoms with Crippen LogP contribution in [0.15, 0.2) is 24.3 Å². The number of benzene rings is 1. The molecule has 1 aromatic rings. The van der Waals surface area contributed by atoms with Gasteiger partial charge in [-0.2, -0.15) is 0 Å². The van der Waals surface area contributed by atoms with Crippen LogP contribution in [0.3, 0.4) is 0 Å². The zero-order valence-corrected chi connectivity index (χ0v) is 10.8. The van der Waals surface area contributed by atoms with Crippen LogP contribution in [-0.4, -0.2) is 42.3 Å². The number of rotatable bonds is 5. The molecule has 1 N–H and O–H groups in total. The summed E-state index contributed by atoms with van der Waals surface area (Å²) >= 11 is 0. The Morgan fingerprint density at radius 1 is 1.37 bits per heavy atom. The summed E-state index contributed by atoms with van der Waals surface area (Å²) in [6.07, 6.45) is 0.152. The van der Waals surface area contributed by atoms with Gasteiger partial charge in [-0.25, -0.2) is 0 Å². The summed E-state index contributed by atoms with van der Waals surface area (Å²) < 4.78 is 0. The molecule has 1 aromatic carbocycles. The smallest absolute Gasteiger partial charge is 0.282 e. The maximum atomic E-state index is 12.1. The number of nitro groups is 1. The van der Waals surface area contributed by atoms with Gasteiger partial charge in [0.2, 0.25) is 5.91 Å². The Balaban J connectivity index is 2.82. The van der Waals surface area contributed by atoms with Gasteiger partial charge in [-0.1, -0.05) is 12.1 Å². The topological polar surface area (TPSA) is 92.6 Å². The van der Waals surface area contributed by atoms with Crippen molar-refractivity contribution < 1.29 is 14.5 Å². The predicted molar refractivity (Wildman–Crippen MR) is 68.7 cm³/mol. The first-order chi connectivity index (χ1) is 8.97. The van der Waals surface area contributed by atoms with E-state index in [0.717, 1.165) is 0 Å². The molecule has 0 radical (unpaired) electrons. The van der Waals surface area contributed by atoms with Gasteiger partial charge in [0.05, 0.1) is 4.92 Å². The lowest BCUT2D eigenvalue weighted by Crippen LogP contribution is -2.31. The largest absolute Gasteiger partial charge is 0.359 e. The number of carbonyl (C=O) groups is 2. The van der Waals surface area contributed by atoms with Crippen LogP contribution in [0, 0.1) is 10.1 Å². The van der Waals surface area contributed by atoms with Crippen molar-refractivity contribution in [1.29, 1.82) is 0 Å². The van der Waals surface area contributed by atoms with Crippen LogP contribution in [-0.2, 0) is 4.79 Å². The third kappa shape index (κ3) is 3.77. The summed E-state index contributed by atoms with van der Waals surface area (Å²) in [5, 5.41) is 13.3. The van der Waals surface area contributed by atoms with Crippen LogP contribution in [0.1, 0.15) is 16.8 Å². The van der Waals surface area contributed by atoms with Gasteiger partial charge in [-0.15, -0.1) is 0 Å². The van der Waals surface area contributed by atoms with E-state index in [1.54, 1.807) is 6.07 Å². The molecule has 0 saturated heterocycles. The van der Waals surface area contributed by atoms with E-state index >= 15 is 0 Å². The van der Waals surface area contributed by atoms with Crippen molar-refractivity contribution in [2.24, 2.45) is 0 Å². The van der Waals surface area contributed by atoms with E-state index in [0.29, 0.717) is 0 Å². The summed E-state index contributed by atoms with van der Waals surface area (Å²) in [4.78, 5) is 34.7. The van der Waals surface area contributed by atoms with Crippen LogP contribution in [0.2, 0.25) is 0 Å². The van der Waals surface area contributed by atoms with E-state index in [1.807, 2.05) is 0 Å². The Hall–Kier alpha value is -2.44. The monoisotopic (exact) mass is 265 g/mol. The number of nitrogens with one attached hydrogen (secondary N) is 1. The zero-order chi connectivity index (χ0) is 14.4. The fourth-order valence-electron chi connectivity index (χ4n) is 1.52. The predicted octanol–water partition coefficient (Wildman–Crippen LogP) is 0.803. The average Bonchev–Trinajstić information content (AvgIpc) is 2.43. The number of nitrogens with zero attached hydrogens (tertiary/aromatic N) is 2. The highest BCUT2D eigenvalue weighted by molar-refractivity contribution is 5.98. The number of amides is 2. The molecule has 0 atom stereocenters. The van der Waals surface area contributed by atoms with Crippen molar-refractivity contribution >= 4 is 17.5 Å². The van der Waals surface area contributed by atoms with Gasteiger partial charge in [0.15, 0.2) is 0 Å². The Kier molecular flexibility index (Phi) is 4.99. The van der Waals surface area contributed by atoms with Gasteiger partial charge in [0.1, 0.15) is 5.56 Å². The molecule has 0 spiro atoms. The first-order valence-electron chi connectivity index (χ1n) is 5.66. The van der Waals surface area contributed by atoms with Crippen molar-refractivity contribution in [2.45, 2.75) is 6.42 Å². The minimum atomic E-state index is -0.597. The van der Waals surface area contributed by atoms with Crippen LogP contribution in [0.5, 0.6) is 0 Å². The van der Waals surface area contributed by atoms with Gasteiger partial charge in [0, 0.05) is 33.1 Å². The first-order valence-corrected chi connectivity index (χ1v) is 5.66. The minimum Gasteiger partial charge on any atom is -0.359 e. The van der Waals surface area contributed by atoms with Crippen LogP contribution >= 0.6 is 0 Å². The van der Waals surface area contributed by atoms with Crippen LogP contribution < -0.4 is 5.32 Å². The third-order valence-corrected chi connectivity index (χ3v) is 2.63. The SMILES string of the molecule is CNC(=O)CCN(C)C(=O)c1ccccc1[N+](=O)[O-]. The first kappa shape index (κ1) is 14.6. The molecule has 0 aromatic heterocycles. The molecule has 2 amide bonds. The fourth-order valence-corrected chi connectivity index (χ4v) is 1.52. The molecule has 0 saturated carbocycles. The molecule has 0 aliphatic rings. The maximum absolute atomic E-state index is 12.1. The zero-order valence-electron chi connectivity index (χ0n) is 10.8. The maximum Gasteiger partial charge on any atom is 0.282 e. The van der Waals surface area contributed by atoms with Crippen molar-refractivity contribution in [3.05, 3.63) is 39.9 Å². The van der Waals surface area contributed by atoms with E-state index in [-0.39, 0.29) is 30.1 Å². The number of carbonyl (C=O) groups excluding carboxylic acids is 2. The second-order valence-corrected chi connectivity index (χ2v) is 3.92. The Bertz CT molecular complexity index is 502. The van der Waals surface area contributed by atoms with E-state index in [9.17, 15) is 19.7 Å². The second kappa shape index (κ2) is 6.48. The van der Waals surface area contributed by atoms with Gasteiger partial charge in [0.25, 0.3) is 11.6 Å². The number of para-hydroxylation sites is 1. The molecule has 7 nitrogen and oxygen atoms in total. The fraction of sp³-hybridized carbons (Fsp3) is 0.333. The molecule has 0 aliphatic carbocycles. The van der Waals surface area contributed by atoms with Gasteiger partial charge in [-0.3, -0.25) is 19.7 Å². The van der Waals surface area contributed by atoms with E-state index in [2.05, 4.69) is 5.32 Å². The Labute approximate surface area is 110 Å². The lowest BCUT2D eigenvalue weighted by atomic mass is 10.1. The van der Waals surface area contributed by atoms with Crippen molar-refractivity contribution in [1.82, 2.24) is 10.2 Å². The summed E-state index contributed by atoms with van der Waals surface area (Å²) in [5.74, 6) is -0.668. The highest BCUT2D eigenvalue weighted by Crippen LogP contribution is 2.19.